The van der Waals surface area contributed by atoms with Gasteiger partial charge in [0, 0.05) is 12.1 Å². The number of rotatable bonds is 1. The number of halogens is 5. The lowest BCUT2D eigenvalue weighted by Crippen LogP contribution is -2.37. The molecule has 0 amide bonds. The minimum atomic E-state index is -4.43. The molecule has 130 valence electrons. The lowest BCUT2D eigenvalue weighted by atomic mass is 10.3. The molecule has 0 N–H and O–H groups in total. The van der Waals surface area contributed by atoms with Gasteiger partial charge >= 0.3 is 12.0 Å². The summed E-state index contributed by atoms with van der Waals surface area (Å²) in [5, 5.41) is 0.461. The van der Waals surface area contributed by atoms with Crippen LogP contribution < -0.4 is 4.57 Å². The number of aryl methyl sites for hydroxylation is 2. The summed E-state index contributed by atoms with van der Waals surface area (Å²) in [4.78, 5) is 0. The van der Waals surface area contributed by atoms with Gasteiger partial charge in [0.2, 0.25) is 10.4 Å². The molecule has 0 aliphatic heterocycles. The van der Waals surface area contributed by atoms with Crippen LogP contribution in [0.15, 0.2) is 12.1 Å². The molecule has 6 nitrogen and oxygen atoms in total. The molecule has 1 aromatic heterocycles. The van der Waals surface area contributed by atoms with Crippen LogP contribution in [0, 0.1) is 0 Å². The van der Waals surface area contributed by atoms with Crippen LogP contribution in [0.3, 0.4) is 0 Å². The Bertz CT molecular complexity index is 789. The molecule has 12 heteroatoms. The first kappa shape index (κ1) is 20.0. The largest absolute Gasteiger partial charge is 0.726 e. The molecule has 0 atom stereocenters. The van der Waals surface area contributed by atoms with Crippen molar-refractivity contribution in [2.24, 2.45) is 14.1 Å². The van der Waals surface area contributed by atoms with Gasteiger partial charge in [-0.25, -0.2) is 17.6 Å². The molecule has 0 saturated heterocycles. The molecule has 2 aromatic rings. The molecule has 1 heterocycles. The summed E-state index contributed by atoms with van der Waals surface area (Å²) >= 11 is 11.6. The van der Waals surface area contributed by atoms with Gasteiger partial charge in [0.1, 0.15) is 0 Å². The summed E-state index contributed by atoms with van der Waals surface area (Å²) in [6, 6.07) is 2.85. The topological polar surface area (TPSA) is 75.2 Å². The molecule has 0 fully saturated rings. The van der Waals surface area contributed by atoms with Gasteiger partial charge in [-0.05, 0) is 0 Å². The summed E-state index contributed by atoms with van der Waals surface area (Å²) < 4.78 is 71.7. The quantitative estimate of drug-likeness (QED) is 0.422. The van der Waals surface area contributed by atoms with E-state index in [-0.39, 0.29) is 10.0 Å². The van der Waals surface area contributed by atoms with E-state index in [1.807, 2.05) is 0 Å². The van der Waals surface area contributed by atoms with Gasteiger partial charge in [0.15, 0.2) is 11.0 Å². The Balaban J connectivity index is 0.000000379. The zero-order valence-corrected chi connectivity index (χ0v) is 14.3. The number of imidazole rings is 1. The molecule has 2 rings (SSSR count). The highest BCUT2D eigenvalue weighted by Gasteiger charge is 2.45. The summed E-state index contributed by atoms with van der Waals surface area (Å²) in [5.41, 5.74) is 0.767. The smallest absolute Gasteiger partial charge is 0.495 e. The van der Waals surface area contributed by atoms with Crippen molar-refractivity contribution in [1.29, 1.82) is 0 Å². The first-order valence-electron chi connectivity index (χ1n) is 5.71. The van der Waals surface area contributed by atoms with Crippen molar-refractivity contribution in [1.82, 2.24) is 4.57 Å². The number of alkyl halides is 3. The van der Waals surface area contributed by atoms with Crippen molar-refractivity contribution in [3.05, 3.63) is 28.0 Å². The Morgan fingerprint density at radius 3 is 2.09 bits per heavy atom. The number of nitrogens with zero attached hydrogens (tertiary/aromatic N) is 2. The second kappa shape index (κ2) is 6.81. The van der Waals surface area contributed by atoms with E-state index in [9.17, 15) is 26.1 Å². The van der Waals surface area contributed by atoms with E-state index >= 15 is 0 Å². The Hall–Kier alpha value is -1.07. The Labute approximate surface area is 139 Å². The minimum Gasteiger partial charge on any atom is -0.726 e. The standard InChI is InChI=1S/C10H8Cl2F3N2.CH4O4S/c1-16-7-3-5(11)6(12)4-8(7)17(2)9(16)10(13,14)15;1-5-6(2,3)4/h3-4H,1-2H3;1H3,(H,2,3,4)/q+1;/p-1. The molecule has 0 aliphatic rings. The number of hydrogen-bond donors (Lipinski definition) is 0. The van der Waals surface area contributed by atoms with Crippen molar-refractivity contribution in [2.75, 3.05) is 7.11 Å². The van der Waals surface area contributed by atoms with E-state index in [1.165, 1.54) is 26.2 Å². The monoisotopic (exact) mass is 394 g/mol. The van der Waals surface area contributed by atoms with E-state index in [2.05, 4.69) is 4.18 Å². The summed E-state index contributed by atoms with van der Waals surface area (Å²) in [6.07, 6.45) is -4.43. The van der Waals surface area contributed by atoms with Gasteiger partial charge < -0.3 is 4.55 Å². The molecular weight excluding hydrogens is 384 g/mol. The van der Waals surface area contributed by atoms with Crippen molar-refractivity contribution >= 4 is 44.6 Å². The fraction of sp³-hybridized carbons (Fsp3) is 0.364. The van der Waals surface area contributed by atoms with Gasteiger partial charge in [-0.15, -0.1) is 0 Å². The van der Waals surface area contributed by atoms with Crippen LogP contribution >= 0.6 is 23.2 Å². The molecule has 0 unspecified atom stereocenters. The van der Waals surface area contributed by atoms with E-state index in [1.54, 1.807) is 0 Å². The van der Waals surface area contributed by atoms with E-state index < -0.39 is 22.4 Å². The average molecular weight is 395 g/mol. The third kappa shape index (κ3) is 4.70. The van der Waals surface area contributed by atoms with Crippen molar-refractivity contribution in [3.8, 4) is 0 Å². The van der Waals surface area contributed by atoms with Gasteiger partial charge in [0.25, 0.3) is 0 Å². The second-order valence-electron chi connectivity index (χ2n) is 4.27. The predicted molar refractivity (Wildman–Crippen MR) is 75.8 cm³/mol. The van der Waals surface area contributed by atoms with Crippen molar-refractivity contribution in [3.63, 3.8) is 0 Å². The highest BCUT2D eigenvalue weighted by molar-refractivity contribution is 7.80. The van der Waals surface area contributed by atoms with Crippen LogP contribution in [0.2, 0.25) is 10.0 Å². The van der Waals surface area contributed by atoms with Crippen LogP contribution in [-0.4, -0.2) is 24.6 Å². The fourth-order valence-electron chi connectivity index (χ4n) is 1.90. The molecule has 0 bridgehead atoms. The predicted octanol–water partition coefficient (Wildman–Crippen LogP) is 2.42. The van der Waals surface area contributed by atoms with Crippen molar-refractivity contribution < 1.29 is 34.9 Å². The fourth-order valence-corrected chi connectivity index (χ4v) is 2.21. The first-order chi connectivity index (χ1) is 10.3. The zero-order chi connectivity index (χ0) is 18.2. The van der Waals surface area contributed by atoms with Crippen LogP contribution in [0.25, 0.3) is 11.0 Å². The third-order valence-corrected chi connectivity index (χ3v) is 3.96. The SMILES string of the molecule is COS(=O)(=O)[O-].Cn1c(C(F)(F)F)[n+](C)c2cc(Cl)c(Cl)cc21. The maximum atomic E-state index is 12.8. The lowest BCUT2D eigenvalue weighted by Gasteiger charge is -2.01. The number of hydrogen-bond acceptors (Lipinski definition) is 4. The molecule has 0 aliphatic carbocycles. The number of fused-ring (bicyclic) bond motifs is 1. The molecule has 0 spiro atoms. The van der Waals surface area contributed by atoms with Crippen LogP contribution in [0.5, 0.6) is 0 Å². The van der Waals surface area contributed by atoms with Gasteiger partial charge in [0.05, 0.1) is 31.3 Å². The maximum absolute atomic E-state index is 12.8. The van der Waals surface area contributed by atoms with E-state index in [4.69, 9.17) is 23.2 Å². The van der Waals surface area contributed by atoms with Crippen LogP contribution in [0.4, 0.5) is 13.2 Å². The van der Waals surface area contributed by atoms with E-state index in [0.717, 1.165) is 16.2 Å². The molecule has 0 radical (unpaired) electrons. The van der Waals surface area contributed by atoms with Gasteiger partial charge in [-0.3, -0.25) is 4.18 Å². The highest BCUT2D eigenvalue weighted by atomic mass is 35.5. The third-order valence-electron chi connectivity index (χ3n) is 2.83. The lowest BCUT2D eigenvalue weighted by molar-refractivity contribution is -0.667. The van der Waals surface area contributed by atoms with Gasteiger partial charge in [-0.1, -0.05) is 23.2 Å². The van der Waals surface area contributed by atoms with Crippen LogP contribution in [-0.2, 0) is 34.9 Å². The Kier molecular flexibility index (Phi) is 5.92. The average Bonchev–Trinajstić information content (AvgIpc) is 2.62. The maximum Gasteiger partial charge on any atom is 0.495 e. The molecule has 1 aromatic carbocycles. The van der Waals surface area contributed by atoms with Crippen LogP contribution in [0.1, 0.15) is 5.82 Å². The highest BCUT2D eigenvalue weighted by Crippen LogP contribution is 2.32. The first-order valence-corrected chi connectivity index (χ1v) is 7.80. The van der Waals surface area contributed by atoms with Crippen molar-refractivity contribution in [2.45, 2.75) is 6.18 Å². The second-order valence-corrected chi connectivity index (χ2v) is 6.23. The summed E-state index contributed by atoms with van der Waals surface area (Å²) in [5.74, 6) is -0.758. The zero-order valence-electron chi connectivity index (χ0n) is 12.0. The Morgan fingerprint density at radius 1 is 1.26 bits per heavy atom. The molecular formula is C11H11Cl2F3N2O4S. The summed E-state index contributed by atoms with van der Waals surface area (Å²) in [6.45, 7) is 0. The molecule has 0 saturated carbocycles. The minimum absolute atomic E-state index is 0.231. The number of benzene rings is 1. The number of aromatic nitrogens is 2. The normalized spacial score (nSPS) is 12.2. The van der Waals surface area contributed by atoms with E-state index in [0.29, 0.717) is 11.0 Å². The molecule has 23 heavy (non-hydrogen) atoms. The Morgan fingerprint density at radius 2 is 1.70 bits per heavy atom. The summed E-state index contributed by atoms with van der Waals surface area (Å²) in [7, 11) is -0.919. The van der Waals surface area contributed by atoms with Gasteiger partial charge in [-0.2, -0.15) is 13.2 Å².